The molecule has 3 unspecified atom stereocenters. The fraction of sp³-hybridized carbons (Fsp3) is 0.818. The highest BCUT2D eigenvalue weighted by Crippen LogP contribution is 2.72. The number of ether oxygens (including phenoxy) is 5. The van der Waals surface area contributed by atoms with Gasteiger partial charge in [0.2, 0.25) is 0 Å². The lowest BCUT2D eigenvalue weighted by Gasteiger charge is -2.70. The molecular weight excluding hydrogens is 556 g/mol. The van der Waals surface area contributed by atoms with Crippen LogP contribution in [0.1, 0.15) is 94.4 Å². The molecule has 0 spiro atoms. The molecule has 0 bridgehead atoms. The minimum Gasteiger partial charge on any atom is -0.462 e. The Morgan fingerprint density at radius 1 is 1.00 bits per heavy atom. The maximum absolute atomic E-state index is 12.9. The van der Waals surface area contributed by atoms with Crippen LogP contribution in [0.15, 0.2) is 11.6 Å². The highest BCUT2D eigenvalue weighted by Gasteiger charge is 2.77. The lowest BCUT2D eigenvalue weighted by molar-refractivity contribution is -0.296. The van der Waals surface area contributed by atoms with Crippen LogP contribution in [0.2, 0.25) is 0 Å². The minimum absolute atomic E-state index is 0.136. The molecule has 0 radical (unpaired) electrons. The van der Waals surface area contributed by atoms with E-state index >= 15 is 0 Å². The van der Waals surface area contributed by atoms with Gasteiger partial charge in [-0.05, 0) is 50.2 Å². The third-order valence-corrected chi connectivity index (χ3v) is 11.5. The molecule has 1 saturated heterocycles. The van der Waals surface area contributed by atoms with E-state index in [2.05, 4.69) is 13.8 Å². The van der Waals surface area contributed by atoms with Crippen molar-refractivity contribution in [2.24, 2.45) is 34.0 Å². The molecule has 10 heteroatoms. The second-order valence-corrected chi connectivity index (χ2v) is 13.9. The summed E-state index contributed by atoms with van der Waals surface area (Å²) in [4.78, 5) is 50.5. The second-order valence-electron chi connectivity index (χ2n) is 13.9. The Hall–Kier alpha value is -2.46. The monoisotopic (exact) mass is 606 g/mol. The SMILES string of the molecule is CCCC[C@]1(O)C(C)=C[C@@H](OC(C)=O)[C@]2(C)C3C(OC(C)=O)[C@H](OC(C)=O)[C@@]4(C(C)OC(C)=O)COC[C@H]4[C@]3(C)CC[C@H]21. The van der Waals surface area contributed by atoms with Gasteiger partial charge in [0, 0.05) is 50.9 Å². The summed E-state index contributed by atoms with van der Waals surface area (Å²) in [5.74, 6) is -3.23. The summed E-state index contributed by atoms with van der Waals surface area (Å²) in [6.07, 6.45) is 1.85. The molecule has 0 amide bonds. The fourth-order valence-electron chi connectivity index (χ4n) is 9.92. The van der Waals surface area contributed by atoms with Crippen molar-refractivity contribution in [3.05, 3.63) is 11.6 Å². The first-order valence-electron chi connectivity index (χ1n) is 15.7. The van der Waals surface area contributed by atoms with Gasteiger partial charge < -0.3 is 28.8 Å². The molecule has 1 aliphatic heterocycles. The van der Waals surface area contributed by atoms with Crippen LogP contribution in [0.5, 0.6) is 0 Å². The minimum atomic E-state index is -1.17. The summed E-state index contributed by atoms with van der Waals surface area (Å²) in [6.45, 7) is 15.7. The van der Waals surface area contributed by atoms with Crippen molar-refractivity contribution in [3.63, 3.8) is 0 Å². The molecule has 4 aliphatic rings. The van der Waals surface area contributed by atoms with E-state index in [9.17, 15) is 24.3 Å². The third-order valence-electron chi connectivity index (χ3n) is 11.5. The summed E-state index contributed by atoms with van der Waals surface area (Å²) >= 11 is 0. The van der Waals surface area contributed by atoms with Crippen LogP contribution in [-0.2, 0) is 42.9 Å². The van der Waals surface area contributed by atoms with E-state index in [0.717, 1.165) is 18.4 Å². The zero-order valence-corrected chi connectivity index (χ0v) is 27.2. The molecule has 1 heterocycles. The zero-order valence-electron chi connectivity index (χ0n) is 27.2. The Morgan fingerprint density at radius 2 is 1.63 bits per heavy atom. The van der Waals surface area contributed by atoms with E-state index < -0.39 is 76.1 Å². The van der Waals surface area contributed by atoms with Crippen LogP contribution < -0.4 is 0 Å². The summed E-state index contributed by atoms with van der Waals surface area (Å²) in [7, 11) is 0. The molecule has 0 aromatic heterocycles. The zero-order chi connectivity index (χ0) is 32.1. The smallest absolute Gasteiger partial charge is 0.303 e. The quantitative estimate of drug-likeness (QED) is 0.242. The second kappa shape index (κ2) is 11.8. The topological polar surface area (TPSA) is 135 Å². The van der Waals surface area contributed by atoms with Gasteiger partial charge in [0.1, 0.15) is 18.3 Å². The van der Waals surface area contributed by atoms with Crippen LogP contribution in [0.25, 0.3) is 0 Å². The Labute approximate surface area is 255 Å². The number of esters is 4. The molecule has 0 aromatic carbocycles. The van der Waals surface area contributed by atoms with Crippen molar-refractivity contribution in [2.45, 2.75) is 124 Å². The van der Waals surface area contributed by atoms with E-state index in [1.807, 2.05) is 19.9 Å². The molecule has 1 N–H and O–H groups in total. The van der Waals surface area contributed by atoms with Crippen LogP contribution >= 0.6 is 0 Å². The van der Waals surface area contributed by atoms with Gasteiger partial charge in [-0.15, -0.1) is 0 Å². The number of rotatable bonds is 8. The van der Waals surface area contributed by atoms with Crippen LogP contribution in [0.4, 0.5) is 0 Å². The van der Waals surface area contributed by atoms with Gasteiger partial charge in [-0.1, -0.05) is 33.6 Å². The van der Waals surface area contributed by atoms with E-state index in [4.69, 9.17) is 23.7 Å². The van der Waals surface area contributed by atoms with Gasteiger partial charge >= 0.3 is 23.9 Å². The lowest BCUT2D eigenvalue weighted by atomic mass is 9.36. The number of carbonyl (C=O) groups is 4. The summed E-state index contributed by atoms with van der Waals surface area (Å²) in [5.41, 5.74) is -2.97. The number of fused-ring (bicyclic) bond motifs is 5. The molecule has 2 saturated carbocycles. The van der Waals surface area contributed by atoms with Crippen molar-refractivity contribution in [1.29, 1.82) is 0 Å². The van der Waals surface area contributed by atoms with Crippen molar-refractivity contribution in [3.8, 4) is 0 Å². The first-order valence-corrected chi connectivity index (χ1v) is 15.7. The molecule has 43 heavy (non-hydrogen) atoms. The number of aliphatic hydroxyl groups is 1. The predicted molar refractivity (Wildman–Crippen MR) is 155 cm³/mol. The third kappa shape index (κ3) is 5.20. The number of hydrogen-bond acceptors (Lipinski definition) is 10. The van der Waals surface area contributed by atoms with Crippen molar-refractivity contribution >= 4 is 23.9 Å². The Kier molecular flexibility index (Phi) is 9.18. The van der Waals surface area contributed by atoms with Gasteiger partial charge in [0.25, 0.3) is 0 Å². The summed E-state index contributed by atoms with van der Waals surface area (Å²) in [6, 6.07) is 0. The van der Waals surface area contributed by atoms with E-state index in [0.29, 0.717) is 25.9 Å². The molecule has 3 aliphatic carbocycles. The molecule has 10 nitrogen and oxygen atoms in total. The predicted octanol–water partition coefficient (Wildman–Crippen LogP) is 4.30. The van der Waals surface area contributed by atoms with Crippen molar-refractivity contribution < 1.29 is 48.0 Å². The van der Waals surface area contributed by atoms with E-state index in [1.54, 1.807) is 6.92 Å². The van der Waals surface area contributed by atoms with Gasteiger partial charge in [-0.3, -0.25) is 19.2 Å². The number of hydrogen-bond donors (Lipinski definition) is 1. The van der Waals surface area contributed by atoms with Gasteiger partial charge in [0.05, 0.1) is 24.2 Å². The molecular formula is C33H50O10. The highest BCUT2D eigenvalue weighted by atomic mass is 16.6. The van der Waals surface area contributed by atoms with Gasteiger partial charge in [-0.25, -0.2) is 0 Å². The molecule has 0 aromatic rings. The summed E-state index contributed by atoms with van der Waals surface area (Å²) < 4.78 is 30.4. The largest absolute Gasteiger partial charge is 0.462 e. The van der Waals surface area contributed by atoms with Crippen LogP contribution in [0, 0.1) is 34.0 Å². The van der Waals surface area contributed by atoms with E-state index in [1.165, 1.54) is 27.7 Å². The highest BCUT2D eigenvalue weighted by molar-refractivity contribution is 5.68. The normalized spacial score (nSPS) is 42.3. The maximum Gasteiger partial charge on any atom is 0.303 e. The number of unbranched alkanes of at least 4 members (excludes halogenated alkanes) is 1. The summed E-state index contributed by atoms with van der Waals surface area (Å²) in [5, 5.41) is 12.5. The maximum atomic E-state index is 12.9. The van der Waals surface area contributed by atoms with Crippen LogP contribution in [0.3, 0.4) is 0 Å². The van der Waals surface area contributed by atoms with E-state index in [-0.39, 0.29) is 18.4 Å². The molecule has 4 rings (SSSR count). The average molecular weight is 607 g/mol. The average Bonchev–Trinajstić information content (AvgIpc) is 3.35. The fourth-order valence-corrected chi connectivity index (χ4v) is 9.92. The Balaban J connectivity index is 2.02. The molecule has 242 valence electrons. The van der Waals surface area contributed by atoms with Gasteiger partial charge in [-0.2, -0.15) is 0 Å². The van der Waals surface area contributed by atoms with Crippen molar-refractivity contribution in [2.75, 3.05) is 13.2 Å². The van der Waals surface area contributed by atoms with Crippen molar-refractivity contribution in [1.82, 2.24) is 0 Å². The van der Waals surface area contributed by atoms with Crippen LogP contribution in [-0.4, -0.2) is 72.2 Å². The standard InChI is InChI=1S/C33H50O10/c1-10-11-13-33(38)18(2)15-26(41-21(5)35)31(9)24(33)12-14-30(8)25-16-39-17-32(25,19(3)40-20(4)34)29(43-23(7)37)27(28(30)31)42-22(6)36/h15,19,24-29,38H,10-14,16-17H2,1-9H3/t19?,24-,25+,26-,27?,28?,29+,30+,31-,32-,33+/m1/s1. The Bertz CT molecular complexity index is 1160. The lowest BCUT2D eigenvalue weighted by Crippen LogP contribution is -2.76. The first kappa shape index (κ1) is 33.4. The number of carbonyl (C=O) groups excluding carboxylic acids is 4. The Morgan fingerprint density at radius 3 is 2.19 bits per heavy atom. The molecule has 3 fully saturated rings. The molecule has 11 atom stereocenters. The van der Waals surface area contributed by atoms with Gasteiger partial charge in [0.15, 0.2) is 6.10 Å². The first-order chi connectivity index (χ1) is 20.0.